The van der Waals surface area contributed by atoms with Crippen molar-refractivity contribution in [3.05, 3.63) is 34.3 Å². The fourth-order valence-corrected chi connectivity index (χ4v) is 1.96. The van der Waals surface area contributed by atoms with Gasteiger partial charge in [-0.25, -0.2) is 0 Å². The molecule has 1 aromatic carbocycles. The van der Waals surface area contributed by atoms with Crippen LogP contribution in [0.15, 0.2) is 18.2 Å². The Balaban J connectivity index is 3.11. The van der Waals surface area contributed by atoms with Crippen LogP contribution >= 0.6 is 11.6 Å². The molecule has 0 saturated carbocycles. The van der Waals surface area contributed by atoms with Crippen LogP contribution < -0.4 is 0 Å². The Morgan fingerprint density at radius 1 is 1.42 bits per heavy atom. The third kappa shape index (κ3) is 3.70. The second kappa shape index (κ2) is 6.57. The molecule has 104 valence electrons. The molecule has 4 nitrogen and oxygen atoms in total. The number of carboxylic acid groups (broad SMARTS) is 1. The smallest absolute Gasteiger partial charge is 0.323 e. The fraction of sp³-hybridized carbons (Fsp3) is 0.429. The molecule has 5 heteroatoms. The quantitative estimate of drug-likeness (QED) is 0.904. The lowest BCUT2D eigenvalue weighted by molar-refractivity contribution is -0.138. The molecular formula is C14H18ClNO3. The maximum Gasteiger partial charge on any atom is 0.323 e. The van der Waals surface area contributed by atoms with Crippen LogP contribution in [-0.4, -0.2) is 34.5 Å². The second-order valence-electron chi connectivity index (χ2n) is 4.50. The first kappa shape index (κ1) is 15.5. The highest BCUT2D eigenvalue weighted by Crippen LogP contribution is 2.21. The predicted molar refractivity (Wildman–Crippen MR) is 74.6 cm³/mol. The largest absolute Gasteiger partial charge is 0.480 e. The molecule has 0 aliphatic carbocycles. The molecule has 1 rings (SSSR count). The van der Waals surface area contributed by atoms with Gasteiger partial charge in [0.1, 0.15) is 6.54 Å². The molecule has 1 unspecified atom stereocenters. The highest BCUT2D eigenvalue weighted by Gasteiger charge is 2.24. The monoisotopic (exact) mass is 283 g/mol. The minimum atomic E-state index is -1.02. The SMILES string of the molecule is CCC(C)N(CC(=O)O)C(=O)c1cccc(Cl)c1C. The van der Waals surface area contributed by atoms with Gasteiger partial charge in [-0.1, -0.05) is 24.6 Å². The van der Waals surface area contributed by atoms with E-state index in [1.165, 1.54) is 4.90 Å². The molecule has 0 heterocycles. The number of hydrogen-bond donors (Lipinski definition) is 1. The molecule has 19 heavy (non-hydrogen) atoms. The third-order valence-electron chi connectivity index (χ3n) is 3.19. The first-order valence-electron chi connectivity index (χ1n) is 6.16. The summed E-state index contributed by atoms with van der Waals surface area (Å²) in [6, 6.07) is 4.93. The van der Waals surface area contributed by atoms with Crippen LogP contribution in [-0.2, 0) is 4.79 Å². The number of nitrogens with zero attached hydrogens (tertiary/aromatic N) is 1. The van der Waals surface area contributed by atoms with Crippen LogP contribution in [0.5, 0.6) is 0 Å². The van der Waals surface area contributed by atoms with Crippen molar-refractivity contribution in [3.63, 3.8) is 0 Å². The second-order valence-corrected chi connectivity index (χ2v) is 4.90. The Morgan fingerprint density at radius 2 is 2.05 bits per heavy atom. The van der Waals surface area contributed by atoms with Crippen molar-refractivity contribution in [2.75, 3.05) is 6.54 Å². The summed E-state index contributed by atoms with van der Waals surface area (Å²) in [4.78, 5) is 24.7. The number of carbonyl (C=O) groups excluding carboxylic acids is 1. The molecule has 0 bridgehead atoms. The van der Waals surface area contributed by atoms with E-state index in [9.17, 15) is 9.59 Å². The summed E-state index contributed by atoms with van der Waals surface area (Å²) >= 11 is 5.99. The minimum absolute atomic E-state index is 0.137. The molecule has 1 atom stereocenters. The summed E-state index contributed by atoms with van der Waals surface area (Å²) in [5.74, 6) is -1.31. The Labute approximate surface area is 118 Å². The van der Waals surface area contributed by atoms with E-state index in [1.807, 2.05) is 13.8 Å². The van der Waals surface area contributed by atoms with Crippen LogP contribution in [0.4, 0.5) is 0 Å². The summed E-state index contributed by atoms with van der Waals surface area (Å²) in [6.07, 6.45) is 0.693. The highest BCUT2D eigenvalue weighted by molar-refractivity contribution is 6.31. The number of rotatable bonds is 5. The molecular weight excluding hydrogens is 266 g/mol. The molecule has 1 N–H and O–H groups in total. The van der Waals surface area contributed by atoms with E-state index in [0.717, 1.165) is 0 Å². The van der Waals surface area contributed by atoms with E-state index in [-0.39, 0.29) is 18.5 Å². The van der Waals surface area contributed by atoms with Crippen molar-refractivity contribution in [1.82, 2.24) is 4.90 Å². The molecule has 0 aliphatic heterocycles. The number of carbonyl (C=O) groups is 2. The summed E-state index contributed by atoms with van der Waals surface area (Å²) in [7, 11) is 0. The maximum absolute atomic E-state index is 12.5. The Morgan fingerprint density at radius 3 is 2.58 bits per heavy atom. The average molecular weight is 284 g/mol. The average Bonchev–Trinajstić information content (AvgIpc) is 2.37. The third-order valence-corrected chi connectivity index (χ3v) is 3.60. The lowest BCUT2D eigenvalue weighted by Crippen LogP contribution is -2.42. The van der Waals surface area contributed by atoms with Crippen LogP contribution in [0.3, 0.4) is 0 Å². The lowest BCUT2D eigenvalue weighted by atomic mass is 10.1. The Kier molecular flexibility index (Phi) is 5.36. The van der Waals surface area contributed by atoms with Crippen molar-refractivity contribution < 1.29 is 14.7 Å². The number of aliphatic carboxylic acids is 1. The summed E-state index contributed by atoms with van der Waals surface area (Å²) in [5.41, 5.74) is 1.13. The highest BCUT2D eigenvalue weighted by atomic mass is 35.5. The maximum atomic E-state index is 12.5. The molecule has 1 amide bonds. The summed E-state index contributed by atoms with van der Waals surface area (Å²) in [6.45, 7) is 5.20. The van der Waals surface area contributed by atoms with E-state index in [4.69, 9.17) is 16.7 Å². The van der Waals surface area contributed by atoms with Crippen LogP contribution in [0, 0.1) is 6.92 Å². The van der Waals surface area contributed by atoms with Gasteiger partial charge in [0, 0.05) is 16.6 Å². The van der Waals surface area contributed by atoms with Gasteiger partial charge in [0.2, 0.25) is 0 Å². The van der Waals surface area contributed by atoms with Gasteiger partial charge in [-0.3, -0.25) is 9.59 Å². The Bertz CT molecular complexity index is 488. The summed E-state index contributed by atoms with van der Waals surface area (Å²) < 4.78 is 0. The first-order chi connectivity index (χ1) is 8.88. The lowest BCUT2D eigenvalue weighted by Gasteiger charge is -2.27. The van der Waals surface area contributed by atoms with Crippen molar-refractivity contribution in [1.29, 1.82) is 0 Å². The van der Waals surface area contributed by atoms with Gasteiger partial charge in [0.25, 0.3) is 5.91 Å². The molecule has 1 aromatic rings. The zero-order valence-corrected chi connectivity index (χ0v) is 12.1. The zero-order chi connectivity index (χ0) is 14.6. The predicted octanol–water partition coefficient (Wildman–Crippen LogP) is 2.97. The number of carboxylic acids is 1. The topological polar surface area (TPSA) is 57.6 Å². The number of amides is 1. The van der Waals surface area contributed by atoms with Gasteiger partial charge in [0.05, 0.1) is 0 Å². The Hall–Kier alpha value is -1.55. The molecule has 0 saturated heterocycles. The van der Waals surface area contributed by atoms with E-state index in [0.29, 0.717) is 22.6 Å². The minimum Gasteiger partial charge on any atom is -0.480 e. The van der Waals surface area contributed by atoms with Gasteiger partial charge < -0.3 is 10.0 Å². The van der Waals surface area contributed by atoms with Gasteiger partial charge in [-0.2, -0.15) is 0 Å². The van der Waals surface area contributed by atoms with Crippen molar-refractivity contribution in [2.45, 2.75) is 33.2 Å². The van der Waals surface area contributed by atoms with E-state index in [2.05, 4.69) is 0 Å². The molecule has 0 aliphatic rings. The van der Waals surface area contributed by atoms with Crippen molar-refractivity contribution >= 4 is 23.5 Å². The van der Waals surface area contributed by atoms with Crippen molar-refractivity contribution in [3.8, 4) is 0 Å². The molecule has 0 radical (unpaired) electrons. The zero-order valence-electron chi connectivity index (χ0n) is 11.3. The fourth-order valence-electron chi connectivity index (χ4n) is 1.79. The van der Waals surface area contributed by atoms with Crippen LogP contribution in [0.25, 0.3) is 0 Å². The van der Waals surface area contributed by atoms with Gasteiger partial charge in [-0.15, -0.1) is 0 Å². The summed E-state index contributed by atoms with van der Waals surface area (Å²) in [5, 5.41) is 9.43. The first-order valence-corrected chi connectivity index (χ1v) is 6.54. The van der Waals surface area contributed by atoms with Crippen LogP contribution in [0.1, 0.15) is 36.2 Å². The molecule has 0 aromatic heterocycles. The number of benzene rings is 1. The number of hydrogen-bond acceptors (Lipinski definition) is 2. The molecule has 0 spiro atoms. The van der Waals surface area contributed by atoms with Crippen LogP contribution in [0.2, 0.25) is 5.02 Å². The number of halogens is 1. The van der Waals surface area contributed by atoms with Gasteiger partial charge >= 0.3 is 5.97 Å². The van der Waals surface area contributed by atoms with Gasteiger partial charge in [-0.05, 0) is 38.0 Å². The molecule has 0 fully saturated rings. The normalized spacial score (nSPS) is 12.0. The van der Waals surface area contributed by atoms with Gasteiger partial charge in [0.15, 0.2) is 0 Å². The van der Waals surface area contributed by atoms with Crippen molar-refractivity contribution in [2.24, 2.45) is 0 Å². The van der Waals surface area contributed by atoms with E-state index in [1.54, 1.807) is 25.1 Å². The standard InChI is InChI=1S/C14H18ClNO3/c1-4-9(2)16(8-13(17)18)14(19)11-6-5-7-12(15)10(11)3/h5-7,9H,4,8H2,1-3H3,(H,17,18). The van der Waals surface area contributed by atoms with E-state index >= 15 is 0 Å². The van der Waals surface area contributed by atoms with E-state index < -0.39 is 5.97 Å².